The first-order chi connectivity index (χ1) is 15.5. The van der Waals surface area contributed by atoms with Crippen molar-refractivity contribution >= 4 is 34.5 Å². The highest BCUT2D eigenvalue weighted by molar-refractivity contribution is 7.12. The summed E-state index contributed by atoms with van der Waals surface area (Å²) in [6.07, 6.45) is 0.842. The largest absolute Gasteiger partial charge is 0.497 e. The summed E-state index contributed by atoms with van der Waals surface area (Å²) in [5, 5.41) is 3.99. The van der Waals surface area contributed by atoms with Crippen molar-refractivity contribution in [3.63, 3.8) is 0 Å². The molecule has 0 aliphatic carbocycles. The Kier molecular flexibility index (Phi) is 6.96. The van der Waals surface area contributed by atoms with Gasteiger partial charge >= 0.3 is 0 Å². The van der Waals surface area contributed by atoms with Gasteiger partial charge in [-0.25, -0.2) is 0 Å². The van der Waals surface area contributed by atoms with Gasteiger partial charge in [-0.15, -0.1) is 22.7 Å². The molecule has 0 saturated carbocycles. The van der Waals surface area contributed by atoms with Crippen molar-refractivity contribution in [2.45, 2.75) is 26.3 Å². The number of methoxy groups -OCH3 is 1. The van der Waals surface area contributed by atoms with Crippen molar-refractivity contribution in [1.29, 1.82) is 0 Å². The van der Waals surface area contributed by atoms with Crippen LogP contribution < -0.4 is 4.74 Å². The Bertz CT molecular complexity index is 1060. The van der Waals surface area contributed by atoms with E-state index in [1.54, 1.807) is 23.3 Å². The predicted molar refractivity (Wildman–Crippen MR) is 130 cm³/mol. The van der Waals surface area contributed by atoms with Gasteiger partial charge in [-0.3, -0.25) is 9.59 Å². The number of hydrogen-bond acceptors (Lipinski definition) is 5. The van der Waals surface area contributed by atoms with Gasteiger partial charge in [0.25, 0.3) is 5.91 Å². The molecule has 0 saturated heterocycles. The molecular formula is C25H28N2O3S2. The number of carbonyl (C=O) groups is 2. The van der Waals surface area contributed by atoms with Crippen LogP contribution in [0.3, 0.4) is 0 Å². The number of ether oxygens (including phenoxy) is 1. The second-order valence-electron chi connectivity index (χ2n) is 8.37. The van der Waals surface area contributed by atoms with Gasteiger partial charge in [0, 0.05) is 18.0 Å². The molecule has 168 valence electrons. The highest BCUT2D eigenvalue weighted by Gasteiger charge is 2.34. The Labute approximate surface area is 197 Å². The van der Waals surface area contributed by atoms with E-state index in [4.69, 9.17) is 4.74 Å². The van der Waals surface area contributed by atoms with Crippen molar-refractivity contribution < 1.29 is 14.3 Å². The number of carbonyl (C=O) groups excluding carboxylic acids is 2. The minimum atomic E-state index is -0.152. The van der Waals surface area contributed by atoms with Crippen molar-refractivity contribution in [3.8, 4) is 5.75 Å². The maximum atomic E-state index is 13.6. The molecule has 0 fully saturated rings. The van der Waals surface area contributed by atoms with Gasteiger partial charge in [0.05, 0.1) is 18.0 Å². The summed E-state index contributed by atoms with van der Waals surface area (Å²) >= 11 is 3.16. The van der Waals surface area contributed by atoms with Gasteiger partial charge in [-0.2, -0.15) is 0 Å². The molecule has 3 aromatic rings. The van der Waals surface area contributed by atoms with E-state index in [0.29, 0.717) is 18.0 Å². The topological polar surface area (TPSA) is 49.9 Å². The molecule has 2 aromatic heterocycles. The monoisotopic (exact) mass is 468 g/mol. The van der Waals surface area contributed by atoms with Crippen molar-refractivity contribution in [2.24, 2.45) is 5.92 Å². The van der Waals surface area contributed by atoms with Crippen LogP contribution in [0.1, 0.15) is 45.6 Å². The molecule has 3 heterocycles. The quantitative estimate of drug-likeness (QED) is 0.485. The van der Waals surface area contributed by atoms with E-state index in [0.717, 1.165) is 17.7 Å². The highest BCUT2D eigenvalue weighted by atomic mass is 32.1. The standard InChI is InChI=1S/C25H28N2O3S2/c1-17(2)15-26(25(29)22-5-4-13-31-22)16-23(28)27-12-10-21-20(11-14-32-21)24(27)18-6-8-19(30-3)9-7-18/h4-9,11,13-14,17,24H,10,12,15-16H2,1-3H3. The molecule has 4 rings (SSSR count). The average Bonchev–Trinajstić information content (AvgIpc) is 3.49. The number of amides is 2. The molecule has 0 N–H and O–H groups in total. The smallest absolute Gasteiger partial charge is 0.264 e. The number of rotatable bonds is 7. The Morgan fingerprint density at radius 2 is 1.91 bits per heavy atom. The maximum Gasteiger partial charge on any atom is 0.264 e. The zero-order chi connectivity index (χ0) is 22.7. The summed E-state index contributed by atoms with van der Waals surface area (Å²) in [6, 6.07) is 13.6. The van der Waals surface area contributed by atoms with Gasteiger partial charge in [0.1, 0.15) is 12.3 Å². The number of fused-ring (bicyclic) bond motifs is 1. The van der Waals surface area contributed by atoms with Crippen LogP contribution in [0, 0.1) is 5.92 Å². The van der Waals surface area contributed by atoms with Crippen LogP contribution in [0.25, 0.3) is 0 Å². The SMILES string of the molecule is COc1ccc(C2c3ccsc3CCN2C(=O)CN(CC(C)C)C(=O)c2cccs2)cc1. The lowest BCUT2D eigenvalue weighted by molar-refractivity contribution is -0.134. The average molecular weight is 469 g/mol. The van der Waals surface area contributed by atoms with Gasteiger partial charge in [0.15, 0.2) is 0 Å². The van der Waals surface area contributed by atoms with E-state index in [1.807, 2.05) is 46.7 Å². The number of thiophene rings is 2. The molecule has 7 heteroatoms. The molecule has 32 heavy (non-hydrogen) atoms. The van der Waals surface area contributed by atoms with E-state index >= 15 is 0 Å². The lowest BCUT2D eigenvalue weighted by Gasteiger charge is -2.37. The summed E-state index contributed by atoms with van der Waals surface area (Å²) in [5.41, 5.74) is 2.23. The predicted octanol–water partition coefficient (Wildman–Crippen LogP) is 5.09. The third-order valence-corrected chi connectivity index (χ3v) is 7.50. The molecule has 1 aliphatic rings. The van der Waals surface area contributed by atoms with Gasteiger partial charge < -0.3 is 14.5 Å². The third kappa shape index (κ3) is 4.74. The van der Waals surface area contributed by atoms with Crippen LogP contribution >= 0.6 is 22.7 Å². The zero-order valence-corrected chi connectivity index (χ0v) is 20.2. The Morgan fingerprint density at radius 3 is 2.56 bits per heavy atom. The highest BCUT2D eigenvalue weighted by Crippen LogP contribution is 2.38. The molecule has 1 aromatic carbocycles. The molecular weight excluding hydrogens is 440 g/mol. The first-order valence-corrected chi connectivity index (χ1v) is 12.6. The normalized spacial score (nSPS) is 15.5. The van der Waals surface area contributed by atoms with E-state index in [-0.39, 0.29) is 30.3 Å². The molecule has 1 unspecified atom stereocenters. The first kappa shape index (κ1) is 22.6. The molecule has 1 aliphatic heterocycles. The molecule has 5 nitrogen and oxygen atoms in total. The van der Waals surface area contributed by atoms with Gasteiger partial charge in [-0.1, -0.05) is 32.0 Å². The summed E-state index contributed by atoms with van der Waals surface area (Å²) < 4.78 is 5.31. The molecule has 1 atom stereocenters. The van der Waals surface area contributed by atoms with Crippen LogP contribution in [-0.2, 0) is 11.2 Å². The first-order valence-electron chi connectivity index (χ1n) is 10.8. The van der Waals surface area contributed by atoms with Crippen LogP contribution in [-0.4, -0.2) is 48.4 Å². The molecule has 2 amide bonds. The summed E-state index contributed by atoms with van der Waals surface area (Å²) in [7, 11) is 1.65. The Balaban J connectivity index is 1.61. The van der Waals surface area contributed by atoms with Crippen molar-refractivity contribution in [1.82, 2.24) is 9.80 Å². The Hall–Kier alpha value is -2.64. The fourth-order valence-corrected chi connectivity index (χ4v) is 5.80. The number of hydrogen-bond donors (Lipinski definition) is 0. The van der Waals surface area contributed by atoms with Gasteiger partial charge in [0.2, 0.25) is 5.91 Å². The maximum absolute atomic E-state index is 13.6. The minimum Gasteiger partial charge on any atom is -0.497 e. The van der Waals surface area contributed by atoms with E-state index in [2.05, 4.69) is 25.3 Å². The fourth-order valence-electron chi connectivity index (χ4n) is 4.20. The second kappa shape index (κ2) is 9.88. The summed E-state index contributed by atoms with van der Waals surface area (Å²) in [4.78, 5) is 32.3. The zero-order valence-electron chi connectivity index (χ0n) is 18.6. The van der Waals surface area contributed by atoms with Crippen LogP contribution in [0.2, 0.25) is 0 Å². The van der Waals surface area contributed by atoms with Crippen LogP contribution in [0.15, 0.2) is 53.2 Å². The number of nitrogens with zero attached hydrogens (tertiary/aromatic N) is 2. The molecule has 0 bridgehead atoms. The molecule has 0 spiro atoms. The van der Waals surface area contributed by atoms with Crippen LogP contribution in [0.4, 0.5) is 0 Å². The van der Waals surface area contributed by atoms with E-state index < -0.39 is 0 Å². The second-order valence-corrected chi connectivity index (χ2v) is 10.3. The van der Waals surface area contributed by atoms with Crippen molar-refractivity contribution in [3.05, 3.63) is 74.1 Å². The fraction of sp³-hybridized carbons (Fsp3) is 0.360. The third-order valence-electron chi connectivity index (χ3n) is 5.65. The lowest BCUT2D eigenvalue weighted by atomic mass is 9.93. The van der Waals surface area contributed by atoms with Crippen molar-refractivity contribution in [2.75, 3.05) is 26.7 Å². The van der Waals surface area contributed by atoms with Gasteiger partial charge in [-0.05, 0) is 58.5 Å². The number of benzene rings is 1. The minimum absolute atomic E-state index is 0.0202. The van der Waals surface area contributed by atoms with E-state index in [1.165, 1.54) is 21.8 Å². The Morgan fingerprint density at radius 1 is 1.12 bits per heavy atom. The summed E-state index contributed by atoms with van der Waals surface area (Å²) in [6.45, 7) is 5.41. The molecule has 0 radical (unpaired) electrons. The lowest BCUT2D eigenvalue weighted by Crippen LogP contribution is -2.47. The van der Waals surface area contributed by atoms with E-state index in [9.17, 15) is 9.59 Å². The van der Waals surface area contributed by atoms with Crippen LogP contribution in [0.5, 0.6) is 5.75 Å². The summed E-state index contributed by atoms with van der Waals surface area (Å²) in [5.74, 6) is 0.969.